The molecule has 26 heavy (non-hydrogen) atoms. The minimum Gasteiger partial charge on any atom is -0.479 e. The maximum Gasteiger partial charge on any atom is 0.335 e. The molecule has 1 fully saturated rings. The van der Waals surface area contributed by atoms with Crippen molar-refractivity contribution in [3.63, 3.8) is 0 Å². The number of carboxylic acids is 2. The SMILES string of the molecule is C[C@@H]1NC(C)(C)CO[C@@]1(O)c1ccccn1.O=C(O)[C@@H](O)[C@H](O)C(=O)O. The third-order valence-corrected chi connectivity index (χ3v) is 3.68. The van der Waals surface area contributed by atoms with E-state index in [2.05, 4.69) is 10.3 Å². The lowest BCUT2D eigenvalue weighted by Crippen LogP contribution is -2.63. The second-order valence-electron chi connectivity index (χ2n) is 6.52. The largest absolute Gasteiger partial charge is 0.479 e. The molecule has 0 aromatic carbocycles. The zero-order valence-corrected chi connectivity index (χ0v) is 14.7. The van der Waals surface area contributed by atoms with Crippen LogP contribution < -0.4 is 5.32 Å². The molecule has 0 spiro atoms. The van der Waals surface area contributed by atoms with Crippen LogP contribution >= 0.6 is 0 Å². The van der Waals surface area contributed by atoms with Crippen LogP contribution in [0.4, 0.5) is 0 Å². The number of aromatic nitrogens is 1. The highest BCUT2D eigenvalue weighted by Gasteiger charge is 2.45. The molecule has 146 valence electrons. The second-order valence-corrected chi connectivity index (χ2v) is 6.52. The lowest BCUT2D eigenvalue weighted by molar-refractivity contribution is -0.265. The fourth-order valence-electron chi connectivity index (χ4n) is 2.28. The molecular weight excluding hydrogens is 348 g/mol. The number of nitrogens with one attached hydrogen (secondary N) is 1. The van der Waals surface area contributed by atoms with Gasteiger partial charge < -0.3 is 35.6 Å². The number of morpholine rings is 1. The normalized spacial score (nSPS) is 26.8. The molecule has 0 amide bonds. The second kappa shape index (κ2) is 8.52. The molecule has 0 aliphatic carbocycles. The molecule has 10 heteroatoms. The Bertz CT molecular complexity index is 606. The van der Waals surface area contributed by atoms with Crippen LogP contribution in [0, 0.1) is 0 Å². The van der Waals surface area contributed by atoms with Crippen molar-refractivity contribution >= 4 is 11.9 Å². The van der Waals surface area contributed by atoms with E-state index in [1.54, 1.807) is 12.3 Å². The zero-order valence-electron chi connectivity index (χ0n) is 14.7. The van der Waals surface area contributed by atoms with E-state index in [-0.39, 0.29) is 11.6 Å². The van der Waals surface area contributed by atoms with E-state index in [1.165, 1.54) is 0 Å². The molecule has 0 radical (unpaired) electrons. The van der Waals surface area contributed by atoms with Crippen LogP contribution in [0.15, 0.2) is 24.4 Å². The summed E-state index contributed by atoms with van der Waals surface area (Å²) in [5.74, 6) is -4.87. The van der Waals surface area contributed by atoms with Crippen molar-refractivity contribution in [1.82, 2.24) is 10.3 Å². The van der Waals surface area contributed by atoms with Crippen molar-refractivity contribution in [2.75, 3.05) is 6.61 Å². The molecule has 6 N–H and O–H groups in total. The van der Waals surface area contributed by atoms with Crippen LogP contribution in [0.2, 0.25) is 0 Å². The summed E-state index contributed by atoms with van der Waals surface area (Å²) in [7, 11) is 0. The van der Waals surface area contributed by atoms with Gasteiger partial charge in [0.05, 0.1) is 12.6 Å². The Morgan fingerprint density at radius 1 is 1.23 bits per heavy atom. The maximum absolute atomic E-state index is 10.5. The topological polar surface area (TPSA) is 169 Å². The van der Waals surface area contributed by atoms with E-state index in [1.807, 2.05) is 32.9 Å². The summed E-state index contributed by atoms with van der Waals surface area (Å²) in [6, 6.07) is 5.23. The minimum absolute atomic E-state index is 0.125. The number of carboxylic acid groups (broad SMARTS) is 2. The molecule has 1 aromatic heterocycles. The summed E-state index contributed by atoms with van der Waals surface area (Å²) in [5.41, 5.74) is 0.422. The van der Waals surface area contributed by atoms with Crippen molar-refractivity contribution in [3.05, 3.63) is 30.1 Å². The van der Waals surface area contributed by atoms with Gasteiger partial charge in [0.1, 0.15) is 5.69 Å². The van der Waals surface area contributed by atoms with Crippen LogP contribution in [-0.4, -0.2) is 72.9 Å². The third kappa shape index (κ3) is 5.44. The number of hydrogen-bond acceptors (Lipinski definition) is 8. The molecule has 4 atom stereocenters. The van der Waals surface area contributed by atoms with Gasteiger partial charge in [0.25, 0.3) is 0 Å². The standard InChI is InChI=1S/C12H18N2O2.C4H6O6/c1-9-12(15,10-6-4-5-7-13-10)16-8-11(2,3)14-9;5-1(3(7)8)2(6)4(9)10/h4-7,9,14-15H,8H2,1-3H3;1-2,5-6H,(H,7,8)(H,9,10)/t9-,12+;1-,2-/m00/s1. The van der Waals surface area contributed by atoms with Gasteiger partial charge in [-0.25, -0.2) is 9.59 Å². The van der Waals surface area contributed by atoms with Crippen molar-refractivity contribution in [1.29, 1.82) is 0 Å². The number of aliphatic hydroxyl groups is 3. The summed E-state index contributed by atoms with van der Waals surface area (Å²) < 4.78 is 5.61. The van der Waals surface area contributed by atoms with Crippen LogP contribution in [0.3, 0.4) is 0 Å². The van der Waals surface area contributed by atoms with E-state index < -0.39 is 29.9 Å². The van der Waals surface area contributed by atoms with Gasteiger partial charge >= 0.3 is 11.9 Å². The summed E-state index contributed by atoms with van der Waals surface area (Å²) >= 11 is 0. The van der Waals surface area contributed by atoms with Crippen molar-refractivity contribution in [3.8, 4) is 0 Å². The monoisotopic (exact) mass is 372 g/mol. The first kappa shape index (κ1) is 21.9. The summed E-state index contributed by atoms with van der Waals surface area (Å²) in [4.78, 5) is 23.7. The lowest BCUT2D eigenvalue weighted by Gasteiger charge is -2.45. The Morgan fingerprint density at radius 3 is 2.15 bits per heavy atom. The molecule has 2 rings (SSSR count). The number of aliphatic carboxylic acids is 2. The molecule has 0 bridgehead atoms. The molecule has 1 saturated heterocycles. The first-order valence-corrected chi connectivity index (χ1v) is 7.78. The van der Waals surface area contributed by atoms with E-state index in [9.17, 15) is 14.7 Å². The van der Waals surface area contributed by atoms with E-state index in [0.29, 0.717) is 12.3 Å². The quantitative estimate of drug-likeness (QED) is 0.381. The number of ether oxygens (including phenoxy) is 1. The first-order chi connectivity index (χ1) is 11.9. The molecule has 1 aliphatic heterocycles. The molecule has 0 saturated carbocycles. The summed E-state index contributed by atoms with van der Waals surface area (Å²) in [6.07, 6.45) is -2.88. The fraction of sp³-hybridized carbons (Fsp3) is 0.562. The van der Waals surface area contributed by atoms with Crippen molar-refractivity contribution in [2.45, 2.75) is 50.3 Å². The van der Waals surface area contributed by atoms with Crippen LogP contribution in [-0.2, 0) is 20.1 Å². The fourth-order valence-corrected chi connectivity index (χ4v) is 2.28. The van der Waals surface area contributed by atoms with Gasteiger partial charge in [-0.2, -0.15) is 0 Å². The zero-order chi connectivity index (χ0) is 20.1. The number of carbonyl (C=O) groups is 2. The van der Waals surface area contributed by atoms with Gasteiger partial charge in [0.2, 0.25) is 5.79 Å². The Hall–Kier alpha value is -2.11. The average Bonchev–Trinajstić information content (AvgIpc) is 2.58. The Balaban J connectivity index is 0.000000294. The van der Waals surface area contributed by atoms with E-state index in [0.717, 1.165) is 0 Å². The highest BCUT2D eigenvalue weighted by molar-refractivity contribution is 5.83. The van der Waals surface area contributed by atoms with Gasteiger partial charge in [0.15, 0.2) is 12.2 Å². The Kier molecular flexibility index (Phi) is 7.18. The van der Waals surface area contributed by atoms with Gasteiger partial charge in [-0.1, -0.05) is 6.07 Å². The van der Waals surface area contributed by atoms with Crippen LogP contribution in [0.25, 0.3) is 0 Å². The predicted molar refractivity (Wildman–Crippen MR) is 88.0 cm³/mol. The number of nitrogens with zero attached hydrogens (tertiary/aromatic N) is 1. The molecule has 10 nitrogen and oxygen atoms in total. The number of rotatable bonds is 4. The van der Waals surface area contributed by atoms with Crippen LogP contribution in [0.1, 0.15) is 26.5 Å². The third-order valence-electron chi connectivity index (χ3n) is 3.68. The van der Waals surface area contributed by atoms with Crippen molar-refractivity contribution in [2.24, 2.45) is 0 Å². The highest BCUT2D eigenvalue weighted by Crippen LogP contribution is 2.31. The summed E-state index contributed by atoms with van der Waals surface area (Å²) in [6.45, 7) is 6.43. The molecule has 1 aliphatic rings. The molecule has 0 unspecified atom stereocenters. The number of hydrogen-bond donors (Lipinski definition) is 6. The maximum atomic E-state index is 10.5. The Labute approximate surface area is 150 Å². The molecule has 2 heterocycles. The molecule has 1 aromatic rings. The van der Waals surface area contributed by atoms with Gasteiger partial charge in [-0.3, -0.25) is 4.98 Å². The Morgan fingerprint density at radius 2 is 1.77 bits per heavy atom. The summed E-state index contributed by atoms with van der Waals surface area (Å²) in [5, 5.41) is 46.4. The van der Waals surface area contributed by atoms with Gasteiger partial charge in [-0.05, 0) is 32.9 Å². The lowest BCUT2D eigenvalue weighted by atomic mass is 9.95. The average molecular weight is 372 g/mol. The smallest absolute Gasteiger partial charge is 0.335 e. The first-order valence-electron chi connectivity index (χ1n) is 7.78. The van der Waals surface area contributed by atoms with Crippen molar-refractivity contribution < 1.29 is 39.9 Å². The number of aliphatic hydroxyl groups excluding tert-OH is 2. The highest BCUT2D eigenvalue weighted by atomic mass is 16.6. The van der Waals surface area contributed by atoms with E-state index in [4.69, 9.17) is 25.2 Å². The van der Waals surface area contributed by atoms with Gasteiger partial charge in [0, 0.05) is 11.7 Å². The predicted octanol–water partition coefficient (Wildman–Crippen LogP) is -1.11. The minimum atomic E-state index is -2.27. The van der Waals surface area contributed by atoms with Gasteiger partial charge in [-0.15, -0.1) is 0 Å². The number of pyridine rings is 1. The molecular formula is C16H24N2O8. The van der Waals surface area contributed by atoms with E-state index >= 15 is 0 Å². The van der Waals surface area contributed by atoms with Crippen LogP contribution in [0.5, 0.6) is 0 Å².